The van der Waals surface area contributed by atoms with E-state index in [-0.39, 0.29) is 4.90 Å². The van der Waals surface area contributed by atoms with E-state index in [1.807, 2.05) is 6.92 Å². The van der Waals surface area contributed by atoms with E-state index in [9.17, 15) is 8.42 Å². The Balaban J connectivity index is 1.49. The molecule has 1 aromatic rings. The fourth-order valence-corrected chi connectivity index (χ4v) is 4.58. The van der Waals surface area contributed by atoms with Crippen LogP contribution in [0.4, 0.5) is 0 Å². The van der Waals surface area contributed by atoms with E-state index in [2.05, 4.69) is 9.93 Å². The van der Waals surface area contributed by atoms with Crippen molar-refractivity contribution in [2.24, 2.45) is 28.8 Å². The van der Waals surface area contributed by atoms with Gasteiger partial charge in [0, 0.05) is 5.71 Å². The maximum Gasteiger partial charge on any atom is 0.276 e. The van der Waals surface area contributed by atoms with Gasteiger partial charge in [-0.15, -0.1) is 0 Å². The quantitative estimate of drug-likeness (QED) is 0.873. The second-order valence-corrected chi connectivity index (χ2v) is 8.47. The Morgan fingerprint density at radius 1 is 1.05 bits per heavy atom. The number of hydrogen-bond donors (Lipinski definition) is 1. The average molecular weight is 304 g/mol. The monoisotopic (exact) mass is 304 g/mol. The van der Waals surface area contributed by atoms with E-state index in [4.69, 9.17) is 0 Å². The van der Waals surface area contributed by atoms with Gasteiger partial charge in [0.05, 0.1) is 4.90 Å². The van der Waals surface area contributed by atoms with Crippen LogP contribution in [0.1, 0.15) is 31.2 Å². The molecule has 4 atom stereocenters. The van der Waals surface area contributed by atoms with Gasteiger partial charge in [-0.2, -0.15) is 13.5 Å². The van der Waals surface area contributed by atoms with Crippen LogP contribution in [0.5, 0.6) is 0 Å². The first-order valence-corrected chi connectivity index (χ1v) is 9.15. The van der Waals surface area contributed by atoms with Crippen molar-refractivity contribution in [3.8, 4) is 0 Å². The summed E-state index contributed by atoms with van der Waals surface area (Å²) >= 11 is 0. The summed E-state index contributed by atoms with van der Waals surface area (Å²) in [5.41, 5.74) is 2.09. The van der Waals surface area contributed by atoms with Crippen molar-refractivity contribution in [2.75, 3.05) is 0 Å². The molecule has 0 spiro atoms. The van der Waals surface area contributed by atoms with Crippen LogP contribution in [0.2, 0.25) is 0 Å². The zero-order chi connectivity index (χ0) is 14.6. The number of nitrogens with one attached hydrogen (secondary N) is 1. The van der Waals surface area contributed by atoms with E-state index in [0.29, 0.717) is 0 Å². The van der Waals surface area contributed by atoms with Crippen molar-refractivity contribution in [3.63, 3.8) is 0 Å². The van der Waals surface area contributed by atoms with Crippen molar-refractivity contribution in [1.29, 1.82) is 0 Å². The third-order valence-electron chi connectivity index (χ3n) is 5.16. The van der Waals surface area contributed by atoms with Crippen LogP contribution in [0, 0.1) is 30.6 Å². The molecular weight excluding hydrogens is 284 g/mol. The highest BCUT2D eigenvalue weighted by Gasteiger charge is 2.55. The van der Waals surface area contributed by atoms with Crippen LogP contribution in [-0.4, -0.2) is 14.1 Å². The van der Waals surface area contributed by atoms with Gasteiger partial charge in [0.15, 0.2) is 0 Å². The van der Waals surface area contributed by atoms with Gasteiger partial charge in [0.1, 0.15) is 0 Å². The normalized spacial score (nSPS) is 35.6. The molecule has 0 unspecified atom stereocenters. The molecule has 0 saturated heterocycles. The molecule has 3 aliphatic carbocycles. The topological polar surface area (TPSA) is 58.5 Å². The molecule has 3 saturated carbocycles. The van der Waals surface area contributed by atoms with Crippen LogP contribution in [0.15, 0.2) is 34.3 Å². The van der Waals surface area contributed by atoms with Gasteiger partial charge in [-0.3, -0.25) is 0 Å². The SMILES string of the molecule is Cc1ccc(S(=O)(=O)NN=C2C[C@H]3C[C@H]3[C@H]3C[C@@H]3C2)cc1. The summed E-state index contributed by atoms with van der Waals surface area (Å²) in [5.74, 6) is 3.36. The highest BCUT2D eigenvalue weighted by molar-refractivity contribution is 7.89. The molecule has 3 fully saturated rings. The third-order valence-corrected chi connectivity index (χ3v) is 6.38. The van der Waals surface area contributed by atoms with Crippen molar-refractivity contribution in [1.82, 2.24) is 4.83 Å². The second-order valence-electron chi connectivity index (χ2n) is 6.81. The van der Waals surface area contributed by atoms with Gasteiger partial charge in [0.2, 0.25) is 0 Å². The molecule has 0 bridgehead atoms. The standard InChI is InChI=1S/C16H20N2O2S/c1-10-2-4-14(5-3-10)21(19,20)18-17-13-6-11-8-15(11)16-9-12(16)7-13/h2-5,11-12,15-16,18H,6-9H2,1H3/t11-,12-,15-,16+/m0/s1. The van der Waals surface area contributed by atoms with E-state index in [0.717, 1.165) is 47.8 Å². The number of nitrogens with zero attached hydrogens (tertiary/aromatic N) is 1. The Hall–Kier alpha value is -1.36. The lowest BCUT2D eigenvalue weighted by atomic mass is 10.1. The first-order chi connectivity index (χ1) is 10.0. The van der Waals surface area contributed by atoms with Crippen LogP contribution in [0.3, 0.4) is 0 Å². The van der Waals surface area contributed by atoms with E-state index in [1.54, 1.807) is 24.3 Å². The average Bonchev–Trinajstić information content (AvgIpc) is 3.29. The summed E-state index contributed by atoms with van der Waals surface area (Å²) in [6.07, 6.45) is 4.61. The minimum Gasteiger partial charge on any atom is -0.200 e. The van der Waals surface area contributed by atoms with Gasteiger partial charge in [-0.25, -0.2) is 4.83 Å². The first-order valence-electron chi connectivity index (χ1n) is 7.67. The number of benzene rings is 1. The minimum absolute atomic E-state index is 0.277. The van der Waals surface area contributed by atoms with Gasteiger partial charge >= 0.3 is 0 Å². The van der Waals surface area contributed by atoms with Crippen LogP contribution in [0.25, 0.3) is 0 Å². The fourth-order valence-electron chi connectivity index (χ4n) is 3.73. The summed E-state index contributed by atoms with van der Waals surface area (Å²) in [4.78, 5) is 2.71. The first kappa shape index (κ1) is 13.3. The van der Waals surface area contributed by atoms with Crippen molar-refractivity contribution in [2.45, 2.75) is 37.5 Å². The molecule has 4 nitrogen and oxygen atoms in total. The van der Waals surface area contributed by atoms with Gasteiger partial charge in [0.25, 0.3) is 10.0 Å². The Bertz CT molecular complexity index is 673. The molecule has 1 aromatic carbocycles. The van der Waals surface area contributed by atoms with Crippen molar-refractivity contribution >= 4 is 15.7 Å². The molecule has 0 heterocycles. The predicted molar refractivity (Wildman–Crippen MR) is 81.4 cm³/mol. The molecular formula is C16H20N2O2S. The number of hydrogen-bond acceptors (Lipinski definition) is 3. The van der Waals surface area contributed by atoms with Gasteiger partial charge in [-0.05, 0) is 68.4 Å². The van der Waals surface area contributed by atoms with Crippen molar-refractivity contribution < 1.29 is 8.42 Å². The molecule has 21 heavy (non-hydrogen) atoms. The molecule has 0 amide bonds. The van der Waals surface area contributed by atoms with E-state index < -0.39 is 10.0 Å². The van der Waals surface area contributed by atoms with Crippen LogP contribution < -0.4 is 4.83 Å². The zero-order valence-electron chi connectivity index (χ0n) is 12.1. The van der Waals surface area contributed by atoms with E-state index >= 15 is 0 Å². The summed E-state index contributed by atoms with van der Waals surface area (Å²) in [7, 11) is -3.53. The highest BCUT2D eigenvalue weighted by atomic mass is 32.2. The lowest BCUT2D eigenvalue weighted by Crippen LogP contribution is -2.20. The predicted octanol–water partition coefficient (Wildman–Crippen LogP) is 2.70. The Morgan fingerprint density at radius 3 is 2.19 bits per heavy atom. The lowest BCUT2D eigenvalue weighted by Gasteiger charge is -2.07. The Morgan fingerprint density at radius 2 is 1.62 bits per heavy atom. The molecule has 1 N–H and O–H groups in total. The minimum atomic E-state index is -3.53. The summed E-state index contributed by atoms with van der Waals surface area (Å²) < 4.78 is 24.5. The maximum atomic E-state index is 12.2. The summed E-state index contributed by atoms with van der Waals surface area (Å²) in [5, 5.41) is 4.25. The molecule has 0 radical (unpaired) electrons. The molecule has 0 aromatic heterocycles. The zero-order valence-corrected chi connectivity index (χ0v) is 12.9. The number of aryl methyl sites for hydroxylation is 1. The largest absolute Gasteiger partial charge is 0.276 e. The van der Waals surface area contributed by atoms with E-state index in [1.165, 1.54) is 12.8 Å². The molecule has 5 heteroatoms. The second kappa shape index (κ2) is 4.57. The number of fused-ring (bicyclic) bond motifs is 3. The number of sulfonamides is 1. The molecule has 112 valence electrons. The molecule has 3 aliphatic rings. The Labute approximate surface area is 125 Å². The van der Waals surface area contributed by atoms with Crippen LogP contribution >= 0.6 is 0 Å². The highest BCUT2D eigenvalue weighted by Crippen LogP contribution is 2.62. The number of hydrazone groups is 1. The number of rotatable bonds is 3. The maximum absolute atomic E-state index is 12.2. The Kier molecular flexibility index (Phi) is 2.89. The fraction of sp³-hybridized carbons (Fsp3) is 0.562. The third kappa shape index (κ3) is 2.59. The lowest BCUT2D eigenvalue weighted by molar-refractivity contribution is 0.584. The van der Waals surface area contributed by atoms with Gasteiger partial charge < -0.3 is 0 Å². The van der Waals surface area contributed by atoms with Crippen LogP contribution in [-0.2, 0) is 10.0 Å². The van der Waals surface area contributed by atoms with Crippen molar-refractivity contribution in [3.05, 3.63) is 29.8 Å². The molecule has 0 aliphatic heterocycles. The molecule has 4 rings (SSSR count). The summed E-state index contributed by atoms with van der Waals surface area (Å²) in [6, 6.07) is 6.85. The smallest absolute Gasteiger partial charge is 0.200 e. The van der Waals surface area contributed by atoms with Gasteiger partial charge in [-0.1, -0.05) is 17.7 Å². The summed E-state index contributed by atoms with van der Waals surface area (Å²) in [6.45, 7) is 1.94.